The summed E-state index contributed by atoms with van der Waals surface area (Å²) >= 11 is 0. The molecule has 0 aliphatic carbocycles. The molecule has 0 spiro atoms. The van der Waals surface area contributed by atoms with Gasteiger partial charge >= 0.3 is 11.9 Å². The molecule has 0 rings (SSSR count). The fraction of sp³-hybridized carbons (Fsp3) is 0.400. The lowest BCUT2D eigenvalue weighted by atomic mass is 10.3. The molecule has 4 nitrogen and oxygen atoms in total. The number of ether oxygens (including phenoxy) is 1. The first-order chi connectivity index (χ1) is 4.16. The second-order valence-corrected chi connectivity index (χ2v) is 1.41. The highest BCUT2D eigenvalue weighted by molar-refractivity contribution is 5.76. The molecule has 4 heteroatoms. The van der Waals surface area contributed by atoms with Crippen molar-refractivity contribution in [3.8, 4) is 0 Å². The smallest absolute Gasteiger partial charge is 0.306 e. The van der Waals surface area contributed by atoms with Gasteiger partial charge in [0, 0.05) is 0 Å². The van der Waals surface area contributed by atoms with E-state index in [0.29, 0.717) is 0 Å². The Labute approximate surface area is 52.4 Å². The van der Waals surface area contributed by atoms with Gasteiger partial charge < -0.3 is 9.84 Å². The monoisotopic (exact) mass is 131 g/mol. The molecule has 0 unspecified atom stereocenters. The number of hydrogen-bond donors (Lipinski definition) is 1. The highest BCUT2D eigenvalue weighted by Crippen LogP contribution is 1.90. The highest BCUT2D eigenvalue weighted by atomic mass is 16.5. The standard InChI is InChI=1S/C5H7O4/c1-9-5(8)3-2-4(6)7/h1-3H2,(H,6,7). The van der Waals surface area contributed by atoms with Gasteiger partial charge in [0.25, 0.3) is 0 Å². The number of rotatable bonds is 3. The van der Waals surface area contributed by atoms with E-state index in [1.807, 2.05) is 0 Å². The molecule has 0 saturated heterocycles. The summed E-state index contributed by atoms with van der Waals surface area (Å²) < 4.78 is 3.95. The van der Waals surface area contributed by atoms with Crippen LogP contribution in [-0.2, 0) is 14.3 Å². The second-order valence-electron chi connectivity index (χ2n) is 1.41. The van der Waals surface area contributed by atoms with Crippen molar-refractivity contribution in [2.75, 3.05) is 0 Å². The van der Waals surface area contributed by atoms with Gasteiger partial charge in [-0.15, -0.1) is 0 Å². The van der Waals surface area contributed by atoms with Crippen LogP contribution < -0.4 is 0 Å². The van der Waals surface area contributed by atoms with Crippen LogP contribution in [-0.4, -0.2) is 17.0 Å². The Balaban J connectivity index is 3.28. The fourth-order valence-corrected chi connectivity index (χ4v) is 0.281. The lowest BCUT2D eigenvalue weighted by molar-refractivity contribution is -0.144. The molecule has 0 fully saturated rings. The van der Waals surface area contributed by atoms with Gasteiger partial charge in [-0.1, -0.05) is 0 Å². The lowest BCUT2D eigenvalue weighted by Crippen LogP contribution is -2.03. The van der Waals surface area contributed by atoms with Gasteiger partial charge in [0.15, 0.2) is 0 Å². The maximum Gasteiger partial charge on any atom is 0.306 e. The first-order valence-electron chi connectivity index (χ1n) is 2.33. The average Bonchev–Trinajstić information content (AvgIpc) is 1.83. The molecule has 0 amide bonds. The van der Waals surface area contributed by atoms with Gasteiger partial charge in [0.2, 0.25) is 0 Å². The predicted octanol–water partition coefficient (Wildman–Crippen LogP) is 0.186. The van der Waals surface area contributed by atoms with Crippen molar-refractivity contribution in [1.29, 1.82) is 0 Å². The van der Waals surface area contributed by atoms with Crippen LogP contribution in [0.1, 0.15) is 12.8 Å². The minimum atomic E-state index is -1.01. The highest BCUT2D eigenvalue weighted by Gasteiger charge is 2.03. The average molecular weight is 131 g/mol. The van der Waals surface area contributed by atoms with Crippen molar-refractivity contribution in [1.82, 2.24) is 0 Å². The molecule has 51 valence electrons. The Hall–Kier alpha value is -1.06. The molecule has 0 aromatic carbocycles. The first kappa shape index (κ1) is 7.94. The van der Waals surface area contributed by atoms with Gasteiger partial charge in [-0.3, -0.25) is 9.59 Å². The predicted molar refractivity (Wildman–Crippen MR) is 28.3 cm³/mol. The van der Waals surface area contributed by atoms with Crippen LogP contribution >= 0.6 is 0 Å². The van der Waals surface area contributed by atoms with Gasteiger partial charge in [-0.25, -0.2) is 0 Å². The summed E-state index contributed by atoms with van der Waals surface area (Å²) in [5, 5.41) is 8.03. The minimum absolute atomic E-state index is 0.112. The minimum Gasteiger partial charge on any atom is -0.481 e. The van der Waals surface area contributed by atoms with Crippen LogP contribution in [0.15, 0.2) is 0 Å². The zero-order valence-electron chi connectivity index (χ0n) is 4.79. The molecule has 0 aromatic rings. The van der Waals surface area contributed by atoms with E-state index in [-0.39, 0.29) is 12.8 Å². The van der Waals surface area contributed by atoms with Crippen LogP contribution in [0.25, 0.3) is 0 Å². The van der Waals surface area contributed by atoms with E-state index in [9.17, 15) is 9.59 Å². The maximum atomic E-state index is 10.2. The van der Waals surface area contributed by atoms with Crippen molar-refractivity contribution in [2.45, 2.75) is 12.8 Å². The van der Waals surface area contributed by atoms with E-state index in [0.717, 1.165) is 0 Å². The van der Waals surface area contributed by atoms with Crippen molar-refractivity contribution in [3.05, 3.63) is 7.11 Å². The number of hydrogen-bond acceptors (Lipinski definition) is 3. The number of carboxylic acids is 1. The van der Waals surface area contributed by atoms with Crippen LogP contribution in [0.5, 0.6) is 0 Å². The summed E-state index contributed by atoms with van der Waals surface area (Å²) in [5.74, 6) is -1.61. The SMILES string of the molecule is [CH2]OC(=O)CCC(=O)O. The second kappa shape index (κ2) is 3.88. The Bertz CT molecular complexity index is 118. The molecule has 0 aromatic heterocycles. The third-order valence-corrected chi connectivity index (χ3v) is 0.704. The summed E-state index contributed by atoms with van der Waals surface area (Å²) in [6, 6.07) is 0. The molecule has 0 aliphatic heterocycles. The molecule has 0 saturated carbocycles. The Morgan fingerprint density at radius 1 is 1.44 bits per heavy atom. The van der Waals surface area contributed by atoms with E-state index in [1.165, 1.54) is 0 Å². The number of aliphatic carboxylic acids is 1. The summed E-state index contributed by atoms with van der Waals surface area (Å²) in [4.78, 5) is 20.0. The zero-order chi connectivity index (χ0) is 7.28. The van der Waals surface area contributed by atoms with Crippen molar-refractivity contribution in [3.63, 3.8) is 0 Å². The summed E-state index contributed by atoms with van der Waals surface area (Å²) in [6.07, 6.45) is -0.312. The summed E-state index contributed by atoms with van der Waals surface area (Å²) in [5.41, 5.74) is 0. The molecular weight excluding hydrogens is 124 g/mol. The van der Waals surface area contributed by atoms with Gasteiger partial charge in [0.05, 0.1) is 12.8 Å². The fourth-order valence-electron chi connectivity index (χ4n) is 0.281. The first-order valence-corrected chi connectivity index (χ1v) is 2.33. The largest absolute Gasteiger partial charge is 0.481 e. The van der Waals surface area contributed by atoms with Crippen LogP contribution in [0.4, 0.5) is 0 Å². The lowest BCUT2D eigenvalue weighted by Gasteiger charge is -1.92. The number of esters is 1. The topological polar surface area (TPSA) is 63.6 Å². The maximum absolute atomic E-state index is 10.2. The van der Waals surface area contributed by atoms with E-state index in [2.05, 4.69) is 11.8 Å². The Morgan fingerprint density at radius 3 is 2.33 bits per heavy atom. The Morgan fingerprint density at radius 2 is 2.00 bits per heavy atom. The van der Waals surface area contributed by atoms with Crippen LogP contribution in [0.3, 0.4) is 0 Å². The normalized spacial score (nSPS) is 8.56. The van der Waals surface area contributed by atoms with E-state index in [4.69, 9.17) is 5.11 Å². The van der Waals surface area contributed by atoms with E-state index < -0.39 is 11.9 Å². The van der Waals surface area contributed by atoms with Crippen molar-refractivity contribution in [2.24, 2.45) is 0 Å². The molecular formula is C5H7O4. The molecule has 0 bridgehead atoms. The van der Waals surface area contributed by atoms with Crippen LogP contribution in [0.2, 0.25) is 0 Å². The molecule has 0 atom stereocenters. The quantitative estimate of drug-likeness (QED) is 0.555. The molecule has 0 aliphatic rings. The molecule has 1 radical (unpaired) electrons. The van der Waals surface area contributed by atoms with Crippen molar-refractivity contribution >= 4 is 11.9 Å². The van der Waals surface area contributed by atoms with Gasteiger partial charge in [-0.2, -0.15) is 0 Å². The Kier molecular flexibility index (Phi) is 3.43. The molecule has 1 N–H and O–H groups in total. The third kappa shape index (κ3) is 4.80. The van der Waals surface area contributed by atoms with E-state index in [1.54, 1.807) is 0 Å². The van der Waals surface area contributed by atoms with Gasteiger partial charge in [-0.05, 0) is 0 Å². The van der Waals surface area contributed by atoms with Crippen molar-refractivity contribution < 1.29 is 19.4 Å². The van der Waals surface area contributed by atoms with E-state index >= 15 is 0 Å². The summed E-state index contributed by atoms with van der Waals surface area (Å²) in [7, 11) is 2.82. The number of carbonyl (C=O) groups is 2. The zero-order valence-corrected chi connectivity index (χ0v) is 4.79. The number of carboxylic acid groups (broad SMARTS) is 1. The van der Waals surface area contributed by atoms with Gasteiger partial charge in [0.1, 0.15) is 7.11 Å². The molecule has 9 heavy (non-hydrogen) atoms. The molecule has 0 heterocycles. The van der Waals surface area contributed by atoms with Crippen LogP contribution in [0, 0.1) is 7.11 Å². The summed E-state index contributed by atoms with van der Waals surface area (Å²) in [6.45, 7) is 0. The third-order valence-electron chi connectivity index (χ3n) is 0.704. The number of carbonyl (C=O) groups excluding carboxylic acids is 1.